The van der Waals surface area contributed by atoms with E-state index in [1.807, 2.05) is 0 Å². The van der Waals surface area contributed by atoms with Gasteiger partial charge in [-0.3, -0.25) is 0 Å². The van der Waals surface area contributed by atoms with Crippen LogP contribution in [0.4, 0.5) is 5.95 Å². The summed E-state index contributed by atoms with van der Waals surface area (Å²) in [5, 5.41) is 3.23. The smallest absolute Gasteiger partial charge is 0.226 e. The van der Waals surface area contributed by atoms with Crippen LogP contribution >= 0.6 is 11.6 Å². The summed E-state index contributed by atoms with van der Waals surface area (Å²) in [7, 11) is 0. The lowest BCUT2D eigenvalue weighted by atomic mass is 10.5. The minimum Gasteiger partial charge on any atom is -0.351 e. The molecule has 2 aromatic rings. The zero-order valence-electron chi connectivity index (χ0n) is 7.81. The van der Waals surface area contributed by atoms with E-state index >= 15 is 0 Å². The lowest BCUT2D eigenvalue weighted by molar-refractivity contribution is 1.11. The van der Waals surface area contributed by atoms with Gasteiger partial charge in [-0.25, -0.2) is 9.97 Å². The van der Waals surface area contributed by atoms with E-state index < -0.39 is 0 Å². The summed E-state index contributed by atoms with van der Waals surface area (Å²) >= 11 is 5.92. The Morgan fingerprint density at radius 1 is 1.33 bits per heavy atom. The van der Waals surface area contributed by atoms with Gasteiger partial charge in [0.05, 0.1) is 0 Å². The fraction of sp³-hybridized carbons (Fsp3) is 0.111. The van der Waals surface area contributed by atoms with Crippen LogP contribution in [0.1, 0.15) is 0 Å². The van der Waals surface area contributed by atoms with Gasteiger partial charge in [0.1, 0.15) is 5.52 Å². The Kier molecular flexibility index (Phi) is 2.73. The van der Waals surface area contributed by atoms with E-state index in [4.69, 9.17) is 11.6 Å². The number of rotatable bonds is 3. The molecule has 2 aromatic heterocycles. The number of anilines is 1. The third-order valence-electron chi connectivity index (χ3n) is 1.69. The predicted octanol–water partition coefficient (Wildman–Crippen LogP) is 1.67. The maximum atomic E-state index is 5.92. The highest BCUT2D eigenvalue weighted by atomic mass is 35.5. The first kappa shape index (κ1) is 9.79. The zero-order valence-corrected chi connectivity index (χ0v) is 8.57. The number of nitrogens with one attached hydrogen (secondary N) is 1. The topological polar surface area (TPSA) is 63.6 Å². The Bertz CT molecular complexity index is 499. The summed E-state index contributed by atoms with van der Waals surface area (Å²) in [5.41, 5.74) is 0.979. The monoisotopic (exact) mass is 221 g/mol. The van der Waals surface area contributed by atoms with Crippen molar-refractivity contribution in [2.24, 2.45) is 0 Å². The predicted molar refractivity (Wildman–Crippen MR) is 58.8 cm³/mol. The van der Waals surface area contributed by atoms with Crippen molar-refractivity contribution in [1.29, 1.82) is 0 Å². The molecule has 0 saturated heterocycles. The number of halogens is 1. The van der Waals surface area contributed by atoms with E-state index in [2.05, 4.69) is 31.8 Å². The molecule has 6 heteroatoms. The quantitative estimate of drug-likeness (QED) is 0.631. The van der Waals surface area contributed by atoms with Gasteiger partial charge in [-0.05, 0) is 0 Å². The van der Waals surface area contributed by atoms with Gasteiger partial charge in [0.15, 0.2) is 10.8 Å². The summed E-state index contributed by atoms with van der Waals surface area (Å²) < 4.78 is 0. The van der Waals surface area contributed by atoms with Crippen molar-refractivity contribution >= 4 is 28.7 Å². The molecule has 0 saturated carbocycles. The van der Waals surface area contributed by atoms with Crippen LogP contribution in [-0.4, -0.2) is 26.5 Å². The van der Waals surface area contributed by atoms with Gasteiger partial charge in [-0.15, -0.1) is 6.58 Å². The van der Waals surface area contributed by atoms with Crippen LogP contribution in [0.25, 0.3) is 11.2 Å². The van der Waals surface area contributed by atoms with Crippen LogP contribution in [0.3, 0.4) is 0 Å². The molecule has 0 aromatic carbocycles. The Morgan fingerprint density at radius 3 is 2.93 bits per heavy atom. The van der Waals surface area contributed by atoms with E-state index in [0.29, 0.717) is 28.8 Å². The summed E-state index contributed by atoms with van der Waals surface area (Å²) in [6, 6.07) is 0. The van der Waals surface area contributed by atoms with Crippen LogP contribution in [0.15, 0.2) is 25.0 Å². The highest BCUT2D eigenvalue weighted by Crippen LogP contribution is 2.17. The largest absolute Gasteiger partial charge is 0.351 e. The fourth-order valence-corrected chi connectivity index (χ4v) is 1.29. The van der Waals surface area contributed by atoms with Crippen molar-refractivity contribution in [2.45, 2.75) is 0 Å². The number of hydrogen-bond acceptors (Lipinski definition) is 5. The number of hydrogen-bond donors (Lipinski definition) is 1. The Balaban J connectivity index is 2.47. The normalized spacial score (nSPS) is 10.2. The summed E-state index contributed by atoms with van der Waals surface area (Å²) in [6.07, 6.45) is 4.81. The molecule has 76 valence electrons. The molecule has 0 aliphatic rings. The van der Waals surface area contributed by atoms with Gasteiger partial charge in [0, 0.05) is 18.9 Å². The van der Waals surface area contributed by atoms with Gasteiger partial charge in [0.25, 0.3) is 0 Å². The first-order valence-electron chi connectivity index (χ1n) is 4.30. The van der Waals surface area contributed by atoms with Gasteiger partial charge in [0.2, 0.25) is 5.95 Å². The lowest BCUT2D eigenvalue weighted by Crippen LogP contribution is -2.04. The highest BCUT2D eigenvalue weighted by molar-refractivity contribution is 6.33. The Morgan fingerprint density at radius 2 is 2.13 bits per heavy atom. The van der Waals surface area contributed by atoms with E-state index in [1.54, 1.807) is 18.5 Å². The third-order valence-corrected chi connectivity index (χ3v) is 1.96. The first-order chi connectivity index (χ1) is 7.31. The molecule has 0 aliphatic heterocycles. The van der Waals surface area contributed by atoms with Crippen molar-refractivity contribution in [3.8, 4) is 0 Å². The van der Waals surface area contributed by atoms with Crippen molar-refractivity contribution in [3.05, 3.63) is 30.2 Å². The molecule has 0 radical (unpaired) electrons. The van der Waals surface area contributed by atoms with Gasteiger partial charge >= 0.3 is 0 Å². The van der Waals surface area contributed by atoms with E-state index in [9.17, 15) is 0 Å². The third kappa shape index (κ3) is 2.02. The molecule has 2 rings (SSSR count). The fourth-order valence-electron chi connectivity index (χ4n) is 1.07. The summed E-state index contributed by atoms with van der Waals surface area (Å²) in [6.45, 7) is 4.15. The molecule has 1 N–H and O–H groups in total. The standard InChI is InChI=1S/C9H8ClN5/c1-2-3-13-9-14-7(10)6-8(15-9)12-5-4-11-6/h2,4-5H,1,3H2,(H,12,13,14,15). The maximum absolute atomic E-state index is 5.92. The second-order valence-corrected chi connectivity index (χ2v) is 3.09. The minimum atomic E-state index is 0.291. The van der Waals surface area contributed by atoms with Crippen LogP contribution in [0.5, 0.6) is 0 Å². The molecular weight excluding hydrogens is 214 g/mol. The SMILES string of the molecule is C=CCNc1nc(Cl)c2nccnc2n1. The van der Waals surface area contributed by atoms with Crippen molar-refractivity contribution in [3.63, 3.8) is 0 Å². The molecule has 0 fully saturated rings. The van der Waals surface area contributed by atoms with Crippen molar-refractivity contribution < 1.29 is 0 Å². The zero-order chi connectivity index (χ0) is 10.7. The molecule has 0 amide bonds. The van der Waals surface area contributed by atoms with Crippen molar-refractivity contribution in [1.82, 2.24) is 19.9 Å². The van der Waals surface area contributed by atoms with Crippen LogP contribution in [-0.2, 0) is 0 Å². The summed E-state index contributed by atoms with van der Waals surface area (Å²) in [4.78, 5) is 16.3. The number of aromatic nitrogens is 4. The molecule has 2 heterocycles. The molecule has 0 aliphatic carbocycles. The molecule has 15 heavy (non-hydrogen) atoms. The van der Waals surface area contributed by atoms with E-state index in [1.165, 1.54) is 0 Å². The Labute approximate surface area is 91.3 Å². The van der Waals surface area contributed by atoms with Gasteiger partial charge in [-0.2, -0.15) is 9.97 Å². The highest BCUT2D eigenvalue weighted by Gasteiger charge is 2.06. The number of nitrogens with zero attached hydrogens (tertiary/aromatic N) is 4. The second kappa shape index (κ2) is 4.18. The molecule has 0 unspecified atom stereocenters. The van der Waals surface area contributed by atoms with Crippen molar-refractivity contribution in [2.75, 3.05) is 11.9 Å². The first-order valence-corrected chi connectivity index (χ1v) is 4.68. The molecule has 0 atom stereocenters. The molecule has 5 nitrogen and oxygen atoms in total. The van der Waals surface area contributed by atoms with Gasteiger partial charge < -0.3 is 5.32 Å². The maximum Gasteiger partial charge on any atom is 0.226 e. The van der Waals surface area contributed by atoms with Crippen LogP contribution in [0.2, 0.25) is 5.15 Å². The van der Waals surface area contributed by atoms with Crippen LogP contribution in [0, 0.1) is 0 Å². The lowest BCUT2D eigenvalue weighted by Gasteiger charge is -2.03. The average Bonchev–Trinajstić information content (AvgIpc) is 2.26. The van der Waals surface area contributed by atoms with Crippen LogP contribution < -0.4 is 5.32 Å². The minimum absolute atomic E-state index is 0.291. The van der Waals surface area contributed by atoms with Gasteiger partial charge in [-0.1, -0.05) is 17.7 Å². The second-order valence-electron chi connectivity index (χ2n) is 2.74. The molecule has 0 spiro atoms. The van der Waals surface area contributed by atoms with E-state index in [0.717, 1.165) is 0 Å². The average molecular weight is 222 g/mol. The molecule has 0 bridgehead atoms. The van der Waals surface area contributed by atoms with E-state index in [-0.39, 0.29) is 0 Å². The Hall–Kier alpha value is -1.75. The molecular formula is C9H8ClN5. The summed E-state index contributed by atoms with van der Waals surface area (Å²) in [5.74, 6) is 0.424. The number of fused-ring (bicyclic) bond motifs is 1.